The van der Waals surface area contributed by atoms with E-state index in [0.29, 0.717) is 18.6 Å². The first-order chi connectivity index (χ1) is 8.13. The molecule has 0 bridgehead atoms. The summed E-state index contributed by atoms with van der Waals surface area (Å²) >= 11 is 0. The SMILES string of the molecule is CC1CCC(C)N1C(=O)c1ccc(CN)cc1.Cl. The minimum absolute atomic E-state index is 0. The number of hydrogen-bond acceptors (Lipinski definition) is 2. The maximum atomic E-state index is 12.4. The Balaban J connectivity index is 0.00000162. The number of rotatable bonds is 2. The van der Waals surface area contributed by atoms with E-state index in [4.69, 9.17) is 5.73 Å². The lowest BCUT2D eigenvalue weighted by atomic mass is 10.1. The molecular weight excluding hydrogens is 248 g/mol. The van der Waals surface area contributed by atoms with Crippen LogP contribution in [0.1, 0.15) is 42.6 Å². The topological polar surface area (TPSA) is 46.3 Å². The fourth-order valence-corrected chi connectivity index (χ4v) is 2.53. The average molecular weight is 269 g/mol. The summed E-state index contributed by atoms with van der Waals surface area (Å²) in [6.07, 6.45) is 2.21. The highest BCUT2D eigenvalue weighted by atomic mass is 35.5. The molecular formula is C14H21ClN2O. The smallest absolute Gasteiger partial charge is 0.254 e. The molecule has 1 amide bonds. The van der Waals surface area contributed by atoms with Crippen LogP contribution in [0.3, 0.4) is 0 Å². The number of carbonyl (C=O) groups excluding carboxylic acids is 1. The van der Waals surface area contributed by atoms with E-state index in [1.54, 1.807) is 0 Å². The molecule has 1 saturated heterocycles. The number of likely N-dealkylation sites (tertiary alicyclic amines) is 1. The maximum Gasteiger partial charge on any atom is 0.254 e. The second-order valence-electron chi connectivity index (χ2n) is 4.89. The Morgan fingerprint density at radius 3 is 2.17 bits per heavy atom. The molecule has 0 spiro atoms. The molecule has 100 valence electrons. The quantitative estimate of drug-likeness (QED) is 0.896. The van der Waals surface area contributed by atoms with Gasteiger partial charge < -0.3 is 10.6 Å². The van der Waals surface area contributed by atoms with Gasteiger partial charge in [-0.25, -0.2) is 0 Å². The Morgan fingerprint density at radius 1 is 1.22 bits per heavy atom. The van der Waals surface area contributed by atoms with Gasteiger partial charge >= 0.3 is 0 Å². The van der Waals surface area contributed by atoms with Crippen molar-refractivity contribution in [1.82, 2.24) is 4.90 Å². The highest BCUT2D eigenvalue weighted by Crippen LogP contribution is 2.25. The van der Waals surface area contributed by atoms with Gasteiger partial charge in [-0.2, -0.15) is 0 Å². The lowest BCUT2D eigenvalue weighted by molar-refractivity contribution is 0.0693. The van der Waals surface area contributed by atoms with E-state index < -0.39 is 0 Å². The van der Waals surface area contributed by atoms with E-state index in [1.165, 1.54) is 0 Å². The van der Waals surface area contributed by atoms with Crippen LogP contribution in [0.2, 0.25) is 0 Å². The highest BCUT2D eigenvalue weighted by Gasteiger charge is 2.31. The number of nitrogens with zero attached hydrogens (tertiary/aromatic N) is 1. The van der Waals surface area contributed by atoms with Crippen LogP contribution in [-0.2, 0) is 6.54 Å². The zero-order chi connectivity index (χ0) is 12.4. The Morgan fingerprint density at radius 2 is 1.72 bits per heavy atom. The van der Waals surface area contributed by atoms with Gasteiger partial charge in [-0.3, -0.25) is 4.79 Å². The van der Waals surface area contributed by atoms with Crippen LogP contribution in [0.5, 0.6) is 0 Å². The predicted molar refractivity (Wildman–Crippen MR) is 75.9 cm³/mol. The summed E-state index contributed by atoms with van der Waals surface area (Å²) < 4.78 is 0. The Hall–Kier alpha value is -1.06. The van der Waals surface area contributed by atoms with Gasteiger partial charge in [-0.05, 0) is 44.4 Å². The van der Waals surface area contributed by atoms with Crippen molar-refractivity contribution < 1.29 is 4.79 Å². The molecule has 1 aromatic carbocycles. The first-order valence-corrected chi connectivity index (χ1v) is 6.25. The van der Waals surface area contributed by atoms with Gasteiger partial charge in [0.05, 0.1) is 0 Å². The minimum Gasteiger partial charge on any atom is -0.333 e. The van der Waals surface area contributed by atoms with Crippen molar-refractivity contribution in [3.8, 4) is 0 Å². The Labute approximate surface area is 115 Å². The van der Waals surface area contributed by atoms with Crippen LogP contribution >= 0.6 is 12.4 Å². The molecule has 1 heterocycles. The molecule has 2 N–H and O–H groups in total. The van der Waals surface area contributed by atoms with Crippen molar-refractivity contribution >= 4 is 18.3 Å². The summed E-state index contributed by atoms with van der Waals surface area (Å²) in [5.74, 6) is 0.145. The first kappa shape index (κ1) is 15.0. The Bertz CT molecular complexity index is 395. The van der Waals surface area contributed by atoms with Crippen molar-refractivity contribution in [2.45, 2.75) is 45.3 Å². The lowest BCUT2D eigenvalue weighted by Crippen LogP contribution is -2.38. The number of carbonyl (C=O) groups is 1. The third-order valence-corrected chi connectivity index (χ3v) is 3.62. The molecule has 1 fully saturated rings. The van der Waals surface area contributed by atoms with Crippen LogP contribution < -0.4 is 5.73 Å². The van der Waals surface area contributed by atoms with Gasteiger partial charge in [-0.15, -0.1) is 12.4 Å². The van der Waals surface area contributed by atoms with Crippen LogP contribution in [0.25, 0.3) is 0 Å². The largest absolute Gasteiger partial charge is 0.333 e. The molecule has 18 heavy (non-hydrogen) atoms. The molecule has 1 aromatic rings. The molecule has 3 nitrogen and oxygen atoms in total. The number of nitrogens with two attached hydrogens (primary N) is 1. The van der Waals surface area contributed by atoms with Gasteiger partial charge in [-0.1, -0.05) is 12.1 Å². The summed E-state index contributed by atoms with van der Waals surface area (Å²) in [4.78, 5) is 14.4. The fraction of sp³-hybridized carbons (Fsp3) is 0.500. The van der Waals surface area contributed by atoms with Crippen molar-refractivity contribution in [2.75, 3.05) is 0 Å². The summed E-state index contributed by atoms with van der Waals surface area (Å²) in [5, 5.41) is 0. The second-order valence-corrected chi connectivity index (χ2v) is 4.89. The minimum atomic E-state index is 0. The third-order valence-electron chi connectivity index (χ3n) is 3.62. The number of halogens is 1. The summed E-state index contributed by atoms with van der Waals surface area (Å²) in [7, 11) is 0. The van der Waals surface area contributed by atoms with Gasteiger partial charge in [0.1, 0.15) is 0 Å². The summed E-state index contributed by atoms with van der Waals surface area (Å²) in [6, 6.07) is 8.32. The van der Waals surface area contributed by atoms with Crippen molar-refractivity contribution in [3.63, 3.8) is 0 Å². The monoisotopic (exact) mass is 268 g/mol. The van der Waals surface area contributed by atoms with Crippen LogP contribution in [-0.4, -0.2) is 22.9 Å². The number of amides is 1. The van der Waals surface area contributed by atoms with E-state index in [0.717, 1.165) is 24.0 Å². The fourth-order valence-electron chi connectivity index (χ4n) is 2.53. The maximum absolute atomic E-state index is 12.4. The standard InChI is InChI=1S/C14H20N2O.ClH/c1-10-3-4-11(2)16(10)14(17)13-7-5-12(9-15)6-8-13;/h5-8,10-11H,3-4,9,15H2,1-2H3;1H. The molecule has 1 aliphatic heterocycles. The molecule has 0 saturated carbocycles. The molecule has 4 heteroatoms. The van der Waals surface area contributed by atoms with Gasteiger partial charge in [0.25, 0.3) is 5.91 Å². The molecule has 1 aliphatic rings. The predicted octanol–water partition coefficient (Wildman–Crippen LogP) is 2.58. The highest BCUT2D eigenvalue weighted by molar-refractivity contribution is 5.94. The zero-order valence-electron chi connectivity index (χ0n) is 10.9. The lowest BCUT2D eigenvalue weighted by Gasteiger charge is -2.26. The molecule has 2 rings (SSSR count). The van der Waals surface area contributed by atoms with Gasteiger partial charge in [0.15, 0.2) is 0 Å². The third kappa shape index (κ3) is 2.85. The molecule has 2 unspecified atom stereocenters. The van der Waals surface area contributed by atoms with E-state index in [1.807, 2.05) is 29.2 Å². The molecule has 0 aliphatic carbocycles. The normalized spacial score (nSPS) is 22.7. The van der Waals surface area contributed by atoms with Gasteiger partial charge in [0, 0.05) is 24.2 Å². The summed E-state index contributed by atoms with van der Waals surface area (Å²) in [6.45, 7) is 4.76. The molecule has 0 aromatic heterocycles. The van der Waals surface area contributed by atoms with Gasteiger partial charge in [0.2, 0.25) is 0 Å². The van der Waals surface area contributed by atoms with Crippen LogP contribution in [0, 0.1) is 0 Å². The zero-order valence-corrected chi connectivity index (χ0v) is 11.7. The van der Waals surface area contributed by atoms with Crippen molar-refractivity contribution in [1.29, 1.82) is 0 Å². The van der Waals surface area contributed by atoms with E-state index in [2.05, 4.69) is 13.8 Å². The number of benzene rings is 1. The molecule has 0 radical (unpaired) electrons. The van der Waals surface area contributed by atoms with E-state index >= 15 is 0 Å². The van der Waals surface area contributed by atoms with E-state index in [9.17, 15) is 4.79 Å². The summed E-state index contributed by atoms with van der Waals surface area (Å²) in [5.41, 5.74) is 7.37. The van der Waals surface area contributed by atoms with E-state index in [-0.39, 0.29) is 18.3 Å². The van der Waals surface area contributed by atoms with Crippen LogP contribution in [0.4, 0.5) is 0 Å². The van der Waals surface area contributed by atoms with Crippen molar-refractivity contribution in [2.24, 2.45) is 5.73 Å². The average Bonchev–Trinajstić information content (AvgIpc) is 2.68. The second kappa shape index (κ2) is 6.21. The number of hydrogen-bond donors (Lipinski definition) is 1. The van der Waals surface area contributed by atoms with Crippen molar-refractivity contribution in [3.05, 3.63) is 35.4 Å². The molecule has 2 atom stereocenters. The Kier molecular flexibility index (Phi) is 5.17. The van der Waals surface area contributed by atoms with Crippen LogP contribution in [0.15, 0.2) is 24.3 Å². The first-order valence-electron chi connectivity index (χ1n) is 6.25.